The van der Waals surface area contributed by atoms with Gasteiger partial charge in [0.1, 0.15) is 0 Å². The molecule has 0 aromatic heterocycles. The van der Waals surface area contributed by atoms with E-state index in [1.165, 1.54) is 0 Å². The van der Waals surface area contributed by atoms with Gasteiger partial charge >= 0.3 is 0 Å². The highest BCUT2D eigenvalue weighted by molar-refractivity contribution is 7.91. The second kappa shape index (κ2) is 5.92. The van der Waals surface area contributed by atoms with E-state index in [2.05, 4.69) is 5.32 Å². The van der Waals surface area contributed by atoms with Gasteiger partial charge in [-0.15, -0.1) is 0 Å². The van der Waals surface area contributed by atoms with Gasteiger partial charge in [-0.3, -0.25) is 0 Å². The van der Waals surface area contributed by atoms with E-state index >= 15 is 0 Å². The molecule has 108 valence electrons. The fraction of sp³-hybridized carbons (Fsp3) is 0.571. The third kappa shape index (κ3) is 3.94. The minimum Gasteiger partial charge on any atom is -0.391 e. The number of sulfone groups is 1. The fourth-order valence-corrected chi connectivity index (χ4v) is 3.17. The van der Waals surface area contributed by atoms with Crippen molar-refractivity contribution >= 4 is 15.5 Å². The first-order chi connectivity index (χ1) is 8.70. The molecule has 0 aliphatic rings. The quantitative estimate of drug-likeness (QED) is 0.842. The lowest BCUT2D eigenvalue weighted by molar-refractivity contribution is 0.133. The minimum absolute atomic E-state index is 0.126. The normalized spacial score (nSPS) is 14.2. The highest BCUT2D eigenvalue weighted by Crippen LogP contribution is 2.26. The minimum atomic E-state index is -3.28. The van der Waals surface area contributed by atoms with Gasteiger partial charge in [-0.25, -0.2) is 8.42 Å². The average molecular weight is 285 g/mol. The largest absolute Gasteiger partial charge is 0.391 e. The highest BCUT2D eigenvalue weighted by atomic mass is 32.2. The van der Waals surface area contributed by atoms with Gasteiger partial charge in [0.25, 0.3) is 0 Å². The molecule has 0 saturated carbocycles. The van der Waals surface area contributed by atoms with Crippen LogP contribution >= 0.6 is 0 Å². The van der Waals surface area contributed by atoms with Gasteiger partial charge in [-0.05, 0) is 39.3 Å². The van der Waals surface area contributed by atoms with E-state index in [1.807, 2.05) is 20.8 Å². The molecule has 1 rings (SSSR count). The Morgan fingerprint density at radius 2 is 1.89 bits per heavy atom. The summed E-state index contributed by atoms with van der Waals surface area (Å²) < 4.78 is 24.4. The monoisotopic (exact) mass is 285 g/mol. The van der Waals surface area contributed by atoms with Crippen molar-refractivity contribution in [2.24, 2.45) is 0 Å². The lowest BCUT2D eigenvalue weighted by Crippen LogP contribution is -2.42. The zero-order valence-corrected chi connectivity index (χ0v) is 12.8. The van der Waals surface area contributed by atoms with Crippen molar-refractivity contribution in [1.82, 2.24) is 0 Å². The van der Waals surface area contributed by atoms with Gasteiger partial charge in [0.15, 0.2) is 9.84 Å². The lowest BCUT2D eigenvalue weighted by atomic mass is 9.98. The molecule has 1 atom stereocenters. The van der Waals surface area contributed by atoms with Crippen LogP contribution < -0.4 is 5.32 Å². The Labute approximate surface area is 115 Å². The van der Waals surface area contributed by atoms with E-state index in [4.69, 9.17) is 0 Å². The topological polar surface area (TPSA) is 66.4 Å². The van der Waals surface area contributed by atoms with Gasteiger partial charge in [-0.1, -0.05) is 19.1 Å². The van der Waals surface area contributed by atoms with E-state index < -0.39 is 21.5 Å². The molecule has 0 spiro atoms. The Hall–Kier alpha value is -1.07. The summed E-state index contributed by atoms with van der Waals surface area (Å²) >= 11 is 0. The molecule has 1 unspecified atom stereocenters. The maximum absolute atomic E-state index is 12.2. The number of anilines is 1. The first-order valence-electron chi connectivity index (χ1n) is 6.48. The number of hydrogen-bond donors (Lipinski definition) is 2. The van der Waals surface area contributed by atoms with Crippen molar-refractivity contribution in [2.75, 3.05) is 11.1 Å². The zero-order chi connectivity index (χ0) is 14.7. The van der Waals surface area contributed by atoms with Crippen LogP contribution in [0.25, 0.3) is 0 Å². The predicted molar refractivity (Wildman–Crippen MR) is 78.2 cm³/mol. The molecule has 0 bridgehead atoms. The van der Waals surface area contributed by atoms with Crippen LogP contribution in [-0.4, -0.2) is 30.9 Å². The predicted octanol–water partition coefficient (Wildman–Crippen LogP) is 2.44. The number of benzene rings is 1. The number of aliphatic hydroxyl groups excluding tert-OH is 1. The molecule has 1 aromatic rings. The molecule has 2 N–H and O–H groups in total. The van der Waals surface area contributed by atoms with E-state index in [0.717, 1.165) is 0 Å². The van der Waals surface area contributed by atoms with E-state index in [1.54, 1.807) is 31.2 Å². The fourth-order valence-electron chi connectivity index (χ4n) is 1.67. The standard InChI is InChI=1S/C14H23NO3S/c1-5-10-19(17,18)13-9-7-6-8-12(13)15-14(3,4)11(2)16/h6-9,11,15-16H,5,10H2,1-4H3. The molecule has 0 radical (unpaired) electrons. The number of rotatable bonds is 6. The summed E-state index contributed by atoms with van der Waals surface area (Å²) in [6.07, 6.45) is -0.0226. The molecule has 1 aromatic carbocycles. The van der Waals surface area contributed by atoms with Crippen LogP contribution in [0.5, 0.6) is 0 Å². The van der Waals surface area contributed by atoms with Crippen molar-refractivity contribution in [3.05, 3.63) is 24.3 Å². The van der Waals surface area contributed by atoms with Crippen molar-refractivity contribution < 1.29 is 13.5 Å². The molecular weight excluding hydrogens is 262 g/mol. The summed E-state index contributed by atoms with van der Waals surface area (Å²) in [5, 5.41) is 12.8. The summed E-state index contributed by atoms with van der Waals surface area (Å²) in [6.45, 7) is 7.19. The number of aliphatic hydroxyl groups is 1. The van der Waals surface area contributed by atoms with Crippen molar-refractivity contribution in [3.8, 4) is 0 Å². The third-order valence-electron chi connectivity index (χ3n) is 3.20. The van der Waals surface area contributed by atoms with Crippen LogP contribution in [0, 0.1) is 0 Å². The smallest absolute Gasteiger partial charge is 0.180 e. The van der Waals surface area contributed by atoms with Crippen LogP contribution in [0.15, 0.2) is 29.2 Å². The van der Waals surface area contributed by atoms with E-state index in [-0.39, 0.29) is 5.75 Å². The van der Waals surface area contributed by atoms with Crippen molar-refractivity contribution in [1.29, 1.82) is 0 Å². The number of hydrogen-bond acceptors (Lipinski definition) is 4. The van der Waals surface area contributed by atoms with Crippen LogP contribution in [0.2, 0.25) is 0 Å². The van der Waals surface area contributed by atoms with Crippen molar-refractivity contribution in [2.45, 2.75) is 50.7 Å². The Morgan fingerprint density at radius 3 is 2.42 bits per heavy atom. The van der Waals surface area contributed by atoms with E-state index in [0.29, 0.717) is 17.0 Å². The first-order valence-corrected chi connectivity index (χ1v) is 8.14. The molecule has 0 aliphatic heterocycles. The molecule has 19 heavy (non-hydrogen) atoms. The Balaban J connectivity index is 3.18. The third-order valence-corrected chi connectivity index (χ3v) is 5.17. The SMILES string of the molecule is CCCS(=O)(=O)c1ccccc1NC(C)(C)C(C)O. The van der Waals surface area contributed by atoms with Gasteiger partial charge < -0.3 is 10.4 Å². The molecule has 0 amide bonds. The van der Waals surface area contributed by atoms with Crippen LogP contribution in [0.3, 0.4) is 0 Å². The molecule has 4 nitrogen and oxygen atoms in total. The molecule has 0 aliphatic carbocycles. The lowest BCUT2D eigenvalue weighted by Gasteiger charge is -2.31. The first kappa shape index (κ1) is 16.0. The van der Waals surface area contributed by atoms with Crippen LogP contribution in [-0.2, 0) is 9.84 Å². The average Bonchev–Trinajstić information content (AvgIpc) is 2.28. The molecule has 0 heterocycles. The summed E-state index contributed by atoms with van der Waals surface area (Å²) in [7, 11) is -3.28. The van der Waals surface area contributed by atoms with E-state index in [9.17, 15) is 13.5 Å². The Kier molecular flexibility index (Phi) is 4.98. The summed E-state index contributed by atoms with van der Waals surface area (Å²) in [4.78, 5) is 0.297. The highest BCUT2D eigenvalue weighted by Gasteiger charge is 2.26. The second-order valence-electron chi connectivity index (χ2n) is 5.34. The zero-order valence-electron chi connectivity index (χ0n) is 12.0. The summed E-state index contributed by atoms with van der Waals surface area (Å²) in [5.41, 5.74) is -0.0560. The molecular formula is C14H23NO3S. The summed E-state index contributed by atoms with van der Waals surface area (Å²) in [6, 6.07) is 6.83. The van der Waals surface area contributed by atoms with Crippen LogP contribution in [0.1, 0.15) is 34.1 Å². The second-order valence-corrected chi connectivity index (χ2v) is 7.42. The number of nitrogens with one attached hydrogen (secondary N) is 1. The van der Waals surface area contributed by atoms with Gasteiger partial charge in [0.2, 0.25) is 0 Å². The van der Waals surface area contributed by atoms with Crippen molar-refractivity contribution in [3.63, 3.8) is 0 Å². The molecule has 0 fully saturated rings. The Bertz CT molecular complexity index is 521. The maximum atomic E-state index is 12.2. The summed E-state index contributed by atoms with van der Waals surface area (Å²) in [5.74, 6) is 0.126. The van der Waals surface area contributed by atoms with Gasteiger partial charge in [0.05, 0.1) is 28.0 Å². The Morgan fingerprint density at radius 1 is 1.32 bits per heavy atom. The van der Waals surface area contributed by atoms with Crippen LogP contribution in [0.4, 0.5) is 5.69 Å². The van der Waals surface area contributed by atoms with Gasteiger partial charge in [-0.2, -0.15) is 0 Å². The molecule has 0 saturated heterocycles. The van der Waals surface area contributed by atoms with Gasteiger partial charge in [0, 0.05) is 0 Å². The maximum Gasteiger partial charge on any atom is 0.180 e. The number of para-hydroxylation sites is 1. The molecule has 5 heteroatoms.